The van der Waals surface area contributed by atoms with E-state index < -0.39 is 0 Å². The van der Waals surface area contributed by atoms with Crippen molar-refractivity contribution in [3.05, 3.63) is 41.7 Å². The second-order valence-corrected chi connectivity index (χ2v) is 7.03. The van der Waals surface area contributed by atoms with Crippen molar-refractivity contribution < 1.29 is 14.3 Å². The number of amides is 1. The van der Waals surface area contributed by atoms with Crippen molar-refractivity contribution in [1.29, 1.82) is 0 Å². The molecule has 2 atom stereocenters. The van der Waals surface area contributed by atoms with Crippen LogP contribution in [0.15, 0.2) is 30.3 Å². The van der Waals surface area contributed by atoms with Gasteiger partial charge in [0.25, 0.3) is 0 Å². The fraction of sp³-hybridized carbons (Fsp3) is 0.550. The van der Waals surface area contributed by atoms with Crippen molar-refractivity contribution in [2.75, 3.05) is 32.8 Å². The van der Waals surface area contributed by atoms with E-state index in [4.69, 9.17) is 5.11 Å². The van der Waals surface area contributed by atoms with Crippen LogP contribution in [0.4, 0.5) is 4.39 Å². The number of likely N-dealkylation sites (tertiary alicyclic amines) is 2. The number of aliphatic hydroxyl groups excluding tert-OH is 1. The highest BCUT2D eigenvalue weighted by atomic mass is 19.1. The number of aliphatic hydroxyl groups is 1. The first-order chi connectivity index (χ1) is 12.2. The molecule has 2 fully saturated rings. The van der Waals surface area contributed by atoms with E-state index in [-0.39, 0.29) is 18.3 Å². The van der Waals surface area contributed by atoms with Crippen LogP contribution in [0.2, 0.25) is 0 Å². The number of carbonyl (C=O) groups excluding carboxylic acids is 1. The third kappa shape index (κ3) is 4.67. The summed E-state index contributed by atoms with van der Waals surface area (Å²) >= 11 is 0. The number of piperidine rings is 2. The molecule has 2 saturated heterocycles. The van der Waals surface area contributed by atoms with Crippen LogP contribution in [0, 0.1) is 11.7 Å². The van der Waals surface area contributed by atoms with E-state index >= 15 is 0 Å². The number of rotatable bonds is 6. The van der Waals surface area contributed by atoms with Gasteiger partial charge in [-0.3, -0.25) is 9.69 Å². The Hall–Kier alpha value is -1.72. The van der Waals surface area contributed by atoms with Crippen LogP contribution >= 0.6 is 0 Å². The van der Waals surface area contributed by atoms with Gasteiger partial charge in [-0.2, -0.15) is 0 Å². The lowest BCUT2D eigenvalue weighted by Crippen LogP contribution is -2.56. The Bertz CT molecular complexity index is 602. The van der Waals surface area contributed by atoms with Gasteiger partial charge in [0.15, 0.2) is 0 Å². The van der Waals surface area contributed by atoms with Gasteiger partial charge in [0.2, 0.25) is 5.91 Å². The summed E-state index contributed by atoms with van der Waals surface area (Å²) in [6, 6.07) is 6.86. The minimum absolute atomic E-state index is 0.140. The molecule has 1 N–H and O–H groups in total. The minimum Gasteiger partial charge on any atom is -0.396 e. The lowest BCUT2D eigenvalue weighted by molar-refractivity contribution is -0.141. The zero-order valence-electron chi connectivity index (χ0n) is 14.6. The number of benzene rings is 1. The van der Waals surface area contributed by atoms with E-state index in [9.17, 15) is 9.18 Å². The SMILES string of the molecule is O=C1CC[C@H]2CN(CC=Cc3ccc(F)cc3)CC[C@H]2N1CCCO. The van der Waals surface area contributed by atoms with E-state index in [1.807, 2.05) is 11.0 Å². The molecule has 3 rings (SSSR count). The normalized spacial score (nSPS) is 24.7. The summed E-state index contributed by atoms with van der Waals surface area (Å²) in [5.74, 6) is 0.570. The van der Waals surface area contributed by atoms with Crippen molar-refractivity contribution >= 4 is 12.0 Å². The molecular weight excluding hydrogens is 319 g/mol. The van der Waals surface area contributed by atoms with Crippen LogP contribution in [0.5, 0.6) is 0 Å². The number of fused-ring (bicyclic) bond motifs is 1. The molecule has 25 heavy (non-hydrogen) atoms. The maximum Gasteiger partial charge on any atom is 0.222 e. The first-order valence-electron chi connectivity index (χ1n) is 9.22. The molecule has 4 nitrogen and oxygen atoms in total. The van der Waals surface area contributed by atoms with Gasteiger partial charge in [0.05, 0.1) is 0 Å². The molecule has 0 aliphatic carbocycles. The molecule has 2 heterocycles. The summed E-state index contributed by atoms with van der Waals surface area (Å²) in [6.45, 7) is 3.70. The molecule has 5 heteroatoms. The Morgan fingerprint density at radius 3 is 2.80 bits per heavy atom. The van der Waals surface area contributed by atoms with Gasteiger partial charge >= 0.3 is 0 Å². The maximum atomic E-state index is 12.9. The second kappa shape index (κ2) is 8.59. The second-order valence-electron chi connectivity index (χ2n) is 7.03. The monoisotopic (exact) mass is 346 g/mol. The molecule has 0 spiro atoms. The van der Waals surface area contributed by atoms with E-state index in [1.165, 1.54) is 12.1 Å². The largest absolute Gasteiger partial charge is 0.396 e. The zero-order valence-corrected chi connectivity index (χ0v) is 14.6. The Morgan fingerprint density at radius 2 is 2.04 bits per heavy atom. The third-order valence-corrected chi connectivity index (χ3v) is 5.33. The fourth-order valence-corrected chi connectivity index (χ4v) is 4.04. The van der Waals surface area contributed by atoms with Gasteiger partial charge in [-0.15, -0.1) is 0 Å². The van der Waals surface area contributed by atoms with Crippen LogP contribution in [-0.2, 0) is 4.79 Å². The molecular formula is C20H27FN2O2. The van der Waals surface area contributed by atoms with Crippen molar-refractivity contribution in [2.45, 2.75) is 31.7 Å². The van der Waals surface area contributed by atoms with Crippen molar-refractivity contribution in [3.8, 4) is 0 Å². The Kier molecular flexibility index (Phi) is 6.21. The van der Waals surface area contributed by atoms with Gasteiger partial charge < -0.3 is 10.0 Å². The Morgan fingerprint density at radius 1 is 1.24 bits per heavy atom. The summed E-state index contributed by atoms with van der Waals surface area (Å²) in [5, 5.41) is 9.05. The third-order valence-electron chi connectivity index (χ3n) is 5.33. The molecule has 0 radical (unpaired) electrons. The lowest BCUT2D eigenvalue weighted by atomic mass is 9.83. The summed E-state index contributed by atoms with van der Waals surface area (Å²) < 4.78 is 12.9. The van der Waals surface area contributed by atoms with Crippen LogP contribution < -0.4 is 0 Å². The number of nitrogens with zero attached hydrogens (tertiary/aromatic N) is 2. The molecule has 0 saturated carbocycles. The smallest absolute Gasteiger partial charge is 0.222 e. The van der Waals surface area contributed by atoms with E-state index in [0.29, 0.717) is 31.3 Å². The van der Waals surface area contributed by atoms with E-state index in [0.717, 1.165) is 38.0 Å². The molecule has 0 aromatic heterocycles. The van der Waals surface area contributed by atoms with E-state index in [2.05, 4.69) is 11.0 Å². The molecule has 136 valence electrons. The molecule has 0 bridgehead atoms. The van der Waals surface area contributed by atoms with Gasteiger partial charge in [-0.05, 0) is 42.9 Å². The van der Waals surface area contributed by atoms with Gasteiger partial charge in [-0.25, -0.2) is 4.39 Å². The summed E-state index contributed by atoms with van der Waals surface area (Å²) in [6.07, 6.45) is 7.43. The quantitative estimate of drug-likeness (QED) is 0.861. The molecule has 1 aromatic carbocycles. The van der Waals surface area contributed by atoms with Gasteiger partial charge in [0.1, 0.15) is 5.82 Å². The average molecular weight is 346 g/mol. The first kappa shape index (κ1) is 18.1. The minimum atomic E-state index is -0.211. The molecule has 1 amide bonds. The summed E-state index contributed by atoms with van der Waals surface area (Å²) in [5.41, 5.74) is 1.01. The Balaban J connectivity index is 1.52. The van der Waals surface area contributed by atoms with Crippen molar-refractivity contribution in [1.82, 2.24) is 9.80 Å². The summed E-state index contributed by atoms with van der Waals surface area (Å²) in [7, 11) is 0. The van der Waals surface area contributed by atoms with Crippen molar-refractivity contribution in [3.63, 3.8) is 0 Å². The number of hydrogen-bond acceptors (Lipinski definition) is 3. The van der Waals surface area contributed by atoms with Crippen molar-refractivity contribution in [2.24, 2.45) is 5.92 Å². The number of carbonyl (C=O) groups is 1. The predicted molar refractivity (Wildman–Crippen MR) is 96.4 cm³/mol. The van der Waals surface area contributed by atoms with Crippen LogP contribution in [0.1, 0.15) is 31.2 Å². The lowest BCUT2D eigenvalue weighted by Gasteiger charge is -2.47. The number of halogens is 1. The Labute approximate surface area is 148 Å². The van der Waals surface area contributed by atoms with Gasteiger partial charge in [-0.1, -0.05) is 24.3 Å². The highest BCUT2D eigenvalue weighted by Gasteiger charge is 2.38. The van der Waals surface area contributed by atoms with Crippen LogP contribution in [-0.4, -0.2) is 59.6 Å². The first-order valence-corrected chi connectivity index (χ1v) is 9.22. The van der Waals surface area contributed by atoms with Gasteiger partial charge in [0, 0.05) is 45.2 Å². The predicted octanol–water partition coefficient (Wildman–Crippen LogP) is 2.53. The zero-order chi connectivity index (χ0) is 17.6. The molecule has 2 aliphatic heterocycles. The highest BCUT2D eigenvalue weighted by Crippen LogP contribution is 2.31. The summed E-state index contributed by atoms with van der Waals surface area (Å²) in [4.78, 5) is 16.6. The molecule has 0 unspecified atom stereocenters. The maximum absolute atomic E-state index is 12.9. The number of hydrogen-bond donors (Lipinski definition) is 1. The van der Waals surface area contributed by atoms with Crippen LogP contribution in [0.3, 0.4) is 0 Å². The molecule has 2 aliphatic rings. The average Bonchev–Trinajstić information content (AvgIpc) is 2.63. The standard InChI is InChI=1S/C20H27FN2O2/c21-18-7-4-16(5-8-18)3-1-11-22-13-10-19-17(15-22)6-9-20(25)23(19)12-2-14-24/h1,3-5,7-8,17,19,24H,2,6,9-15H2/t17-,19+/m0/s1. The molecule has 1 aromatic rings. The van der Waals surface area contributed by atoms with Crippen LogP contribution in [0.25, 0.3) is 6.08 Å². The highest BCUT2D eigenvalue weighted by molar-refractivity contribution is 5.77. The fourth-order valence-electron chi connectivity index (χ4n) is 4.04. The topological polar surface area (TPSA) is 43.8 Å². The van der Waals surface area contributed by atoms with E-state index in [1.54, 1.807) is 12.1 Å².